The number of aryl methyl sites for hydroxylation is 1. The third-order valence-electron chi connectivity index (χ3n) is 1.75. The van der Waals surface area contributed by atoms with Gasteiger partial charge in [0, 0.05) is 5.69 Å². The van der Waals surface area contributed by atoms with E-state index in [9.17, 15) is 9.59 Å². The molecule has 6 heteroatoms. The molecular formula is C10H12N2O4. The van der Waals surface area contributed by atoms with Crippen molar-refractivity contribution in [1.82, 2.24) is 5.48 Å². The number of para-hydroxylation sites is 1. The fourth-order valence-corrected chi connectivity index (χ4v) is 1.02. The first-order valence-electron chi connectivity index (χ1n) is 4.56. The van der Waals surface area contributed by atoms with Gasteiger partial charge in [0.2, 0.25) is 0 Å². The Hall–Kier alpha value is -2.08. The Labute approximate surface area is 92.2 Å². The first-order chi connectivity index (χ1) is 7.59. The van der Waals surface area contributed by atoms with Crippen LogP contribution in [0.1, 0.15) is 5.56 Å². The number of anilines is 1. The summed E-state index contributed by atoms with van der Waals surface area (Å²) in [7, 11) is 0. The molecule has 0 radical (unpaired) electrons. The highest BCUT2D eigenvalue weighted by atomic mass is 16.7. The summed E-state index contributed by atoms with van der Waals surface area (Å²) in [4.78, 5) is 25.7. The van der Waals surface area contributed by atoms with Gasteiger partial charge >= 0.3 is 12.0 Å². The van der Waals surface area contributed by atoms with Crippen molar-refractivity contribution in [2.45, 2.75) is 6.92 Å². The first kappa shape index (κ1) is 12.0. The molecule has 2 amide bonds. The number of nitrogens with one attached hydrogen (secondary N) is 2. The molecule has 0 unspecified atom stereocenters. The number of hydrogen-bond acceptors (Lipinski definition) is 3. The molecule has 1 rings (SSSR count). The molecule has 0 aliphatic heterocycles. The zero-order valence-corrected chi connectivity index (χ0v) is 8.69. The lowest BCUT2D eigenvalue weighted by atomic mass is 10.2. The average molecular weight is 224 g/mol. The van der Waals surface area contributed by atoms with Crippen LogP contribution in [0.25, 0.3) is 0 Å². The van der Waals surface area contributed by atoms with Crippen LogP contribution in [-0.4, -0.2) is 23.7 Å². The largest absolute Gasteiger partial charge is 0.479 e. The number of rotatable bonds is 4. The second kappa shape index (κ2) is 5.72. The van der Waals surface area contributed by atoms with Crippen molar-refractivity contribution in [3.63, 3.8) is 0 Å². The van der Waals surface area contributed by atoms with Crippen LogP contribution in [0.4, 0.5) is 10.5 Å². The van der Waals surface area contributed by atoms with E-state index in [-0.39, 0.29) is 0 Å². The van der Waals surface area contributed by atoms with Crippen LogP contribution >= 0.6 is 0 Å². The van der Waals surface area contributed by atoms with Gasteiger partial charge in [-0.05, 0) is 18.6 Å². The van der Waals surface area contributed by atoms with Crippen LogP contribution in [0.5, 0.6) is 0 Å². The Bertz CT molecular complexity index is 392. The highest BCUT2D eigenvalue weighted by Crippen LogP contribution is 2.12. The van der Waals surface area contributed by atoms with Crippen molar-refractivity contribution in [2.75, 3.05) is 11.9 Å². The summed E-state index contributed by atoms with van der Waals surface area (Å²) in [5.41, 5.74) is 3.50. The van der Waals surface area contributed by atoms with E-state index in [2.05, 4.69) is 10.2 Å². The van der Waals surface area contributed by atoms with Gasteiger partial charge < -0.3 is 10.4 Å². The number of hydrogen-bond donors (Lipinski definition) is 3. The molecule has 0 saturated heterocycles. The molecule has 0 heterocycles. The minimum absolute atomic E-state index is 0.582. The van der Waals surface area contributed by atoms with Crippen molar-refractivity contribution in [2.24, 2.45) is 0 Å². The molecule has 6 nitrogen and oxygen atoms in total. The standard InChI is InChI=1S/C10H12N2O4/c1-7-4-2-3-5-8(7)11-10(15)12-16-6-9(13)14/h2-5H,6H2,1H3,(H,13,14)(H2,11,12,15). The summed E-state index contributed by atoms with van der Waals surface area (Å²) in [6.07, 6.45) is 0. The summed E-state index contributed by atoms with van der Waals surface area (Å²) in [5.74, 6) is -1.16. The fourth-order valence-electron chi connectivity index (χ4n) is 1.02. The number of urea groups is 1. The summed E-state index contributed by atoms with van der Waals surface area (Å²) in [5, 5.41) is 10.8. The molecule has 0 atom stereocenters. The van der Waals surface area contributed by atoms with Gasteiger partial charge in [-0.2, -0.15) is 0 Å². The molecule has 0 aromatic heterocycles. The smallest absolute Gasteiger partial charge is 0.343 e. The quantitative estimate of drug-likeness (QED) is 0.669. The molecular weight excluding hydrogens is 212 g/mol. The van der Waals surface area contributed by atoms with E-state index in [4.69, 9.17) is 5.11 Å². The third-order valence-corrected chi connectivity index (χ3v) is 1.75. The zero-order chi connectivity index (χ0) is 12.0. The molecule has 1 aromatic carbocycles. The van der Waals surface area contributed by atoms with Crippen molar-refractivity contribution >= 4 is 17.7 Å². The van der Waals surface area contributed by atoms with Crippen LogP contribution < -0.4 is 10.8 Å². The van der Waals surface area contributed by atoms with Crippen LogP contribution in [0.3, 0.4) is 0 Å². The van der Waals surface area contributed by atoms with E-state index in [1.165, 1.54) is 0 Å². The lowest BCUT2D eigenvalue weighted by Gasteiger charge is -2.08. The predicted octanol–water partition coefficient (Wildman–Crippen LogP) is 1.13. The van der Waals surface area contributed by atoms with Crippen LogP contribution in [0.2, 0.25) is 0 Å². The Morgan fingerprint density at radius 3 is 2.69 bits per heavy atom. The van der Waals surface area contributed by atoms with E-state index in [1.54, 1.807) is 12.1 Å². The van der Waals surface area contributed by atoms with Crippen LogP contribution in [0, 0.1) is 6.92 Å². The average Bonchev–Trinajstić information content (AvgIpc) is 2.21. The first-order valence-corrected chi connectivity index (χ1v) is 4.56. The maximum absolute atomic E-state index is 11.2. The minimum Gasteiger partial charge on any atom is -0.479 e. The van der Waals surface area contributed by atoms with Crippen molar-refractivity contribution in [3.8, 4) is 0 Å². The van der Waals surface area contributed by atoms with Crippen molar-refractivity contribution in [3.05, 3.63) is 29.8 Å². The van der Waals surface area contributed by atoms with Crippen LogP contribution in [0.15, 0.2) is 24.3 Å². The molecule has 3 N–H and O–H groups in total. The van der Waals surface area contributed by atoms with Gasteiger partial charge in [-0.15, -0.1) is 0 Å². The topological polar surface area (TPSA) is 87.7 Å². The number of carbonyl (C=O) groups excluding carboxylic acids is 1. The lowest BCUT2D eigenvalue weighted by Crippen LogP contribution is -2.31. The van der Waals surface area contributed by atoms with Gasteiger partial charge in [-0.1, -0.05) is 18.2 Å². The second-order valence-corrected chi connectivity index (χ2v) is 3.05. The molecule has 0 aliphatic carbocycles. The third kappa shape index (κ3) is 3.97. The highest BCUT2D eigenvalue weighted by Gasteiger charge is 2.04. The normalized spacial score (nSPS) is 9.56. The number of amides is 2. The summed E-state index contributed by atoms with van der Waals surface area (Å²) in [6, 6.07) is 6.58. The highest BCUT2D eigenvalue weighted by molar-refractivity contribution is 5.89. The number of carboxylic acids is 1. The Morgan fingerprint density at radius 2 is 2.06 bits per heavy atom. The maximum atomic E-state index is 11.2. The number of aliphatic carboxylic acids is 1. The number of carbonyl (C=O) groups is 2. The molecule has 16 heavy (non-hydrogen) atoms. The maximum Gasteiger partial charge on any atom is 0.343 e. The molecule has 1 aromatic rings. The van der Waals surface area contributed by atoms with Crippen LogP contribution in [-0.2, 0) is 9.63 Å². The molecule has 0 fully saturated rings. The van der Waals surface area contributed by atoms with Gasteiger partial charge in [0.15, 0.2) is 6.61 Å². The Balaban J connectivity index is 2.40. The van der Waals surface area contributed by atoms with E-state index in [0.717, 1.165) is 5.56 Å². The summed E-state index contributed by atoms with van der Waals surface area (Å²) >= 11 is 0. The lowest BCUT2D eigenvalue weighted by molar-refractivity contribution is -0.143. The number of carboxylic acid groups (broad SMARTS) is 1. The Kier molecular flexibility index (Phi) is 4.28. The number of hydroxylamine groups is 1. The Morgan fingerprint density at radius 1 is 1.38 bits per heavy atom. The molecule has 86 valence electrons. The van der Waals surface area contributed by atoms with Gasteiger partial charge in [0.05, 0.1) is 0 Å². The molecule has 0 aliphatic rings. The van der Waals surface area contributed by atoms with Gasteiger partial charge in [-0.3, -0.25) is 4.84 Å². The van der Waals surface area contributed by atoms with Gasteiger partial charge in [-0.25, -0.2) is 15.1 Å². The molecule has 0 bridgehead atoms. The van der Waals surface area contributed by atoms with E-state index in [0.29, 0.717) is 5.69 Å². The van der Waals surface area contributed by atoms with E-state index < -0.39 is 18.6 Å². The summed E-state index contributed by atoms with van der Waals surface area (Å²) < 4.78 is 0. The fraction of sp³-hybridized carbons (Fsp3) is 0.200. The monoisotopic (exact) mass is 224 g/mol. The van der Waals surface area contributed by atoms with Crippen molar-refractivity contribution in [1.29, 1.82) is 0 Å². The predicted molar refractivity (Wildman–Crippen MR) is 56.9 cm³/mol. The molecule has 0 saturated carbocycles. The SMILES string of the molecule is Cc1ccccc1NC(=O)NOCC(=O)O. The molecule has 0 spiro atoms. The van der Waals surface area contributed by atoms with Crippen molar-refractivity contribution < 1.29 is 19.5 Å². The van der Waals surface area contributed by atoms with Gasteiger partial charge in [0.1, 0.15) is 0 Å². The summed E-state index contributed by atoms with van der Waals surface area (Å²) in [6.45, 7) is 1.26. The van der Waals surface area contributed by atoms with E-state index >= 15 is 0 Å². The minimum atomic E-state index is -1.16. The number of benzene rings is 1. The van der Waals surface area contributed by atoms with E-state index in [1.807, 2.05) is 24.5 Å². The van der Waals surface area contributed by atoms with Gasteiger partial charge in [0.25, 0.3) is 0 Å². The zero-order valence-electron chi connectivity index (χ0n) is 8.69. The second-order valence-electron chi connectivity index (χ2n) is 3.05.